The maximum atomic E-state index is 12.6. The van der Waals surface area contributed by atoms with Crippen molar-refractivity contribution >= 4 is 32.7 Å². The van der Waals surface area contributed by atoms with Crippen LogP contribution in [0.4, 0.5) is 0 Å². The fourth-order valence-corrected chi connectivity index (χ4v) is 3.81. The Labute approximate surface area is 161 Å². The van der Waals surface area contributed by atoms with Crippen molar-refractivity contribution in [1.29, 1.82) is 0 Å². The van der Waals surface area contributed by atoms with Gasteiger partial charge in [0.1, 0.15) is 16.9 Å². The number of methoxy groups -OCH3 is 1. The van der Waals surface area contributed by atoms with E-state index in [-0.39, 0.29) is 5.63 Å². The molecule has 5 aromatic rings. The second kappa shape index (κ2) is 5.99. The van der Waals surface area contributed by atoms with E-state index < -0.39 is 0 Å². The van der Waals surface area contributed by atoms with Crippen LogP contribution in [0, 0.1) is 13.8 Å². The number of rotatable bonds is 2. The summed E-state index contributed by atoms with van der Waals surface area (Å²) in [4.78, 5) is 12.6. The molecule has 0 aliphatic heterocycles. The van der Waals surface area contributed by atoms with Gasteiger partial charge < -0.3 is 13.6 Å². The molecule has 0 aliphatic carbocycles. The fraction of sp³-hybridized carbons (Fsp3) is 0.125. The van der Waals surface area contributed by atoms with Crippen LogP contribution >= 0.6 is 0 Å². The highest BCUT2D eigenvalue weighted by molar-refractivity contribution is 6.12. The predicted molar refractivity (Wildman–Crippen MR) is 111 cm³/mol. The lowest BCUT2D eigenvalue weighted by Gasteiger charge is -2.08. The zero-order valence-electron chi connectivity index (χ0n) is 15.8. The average molecular weight is 370 g/mol. The van der Waals surface area contributed by atoms with E-state index in [1.54, 1.807) is 19.4 Å². The van der Waals surface area contributed by atoms with Gasteiger partial charge in [-0.25, -0.2) is 4.79 Å². The number of benzene rings is 3. The van der Waals surface area contributed by atoms with Gasteiger partial charge in [-0.05, 0) is 43.7 Å². The molecule has 0 saturated carbocycles. The highest BCUT2D eigenvalue weighted by Crippen LogP contribution is 2.38. The van der Waals surface area contributed by atoms with Crippen LogP contribution in [0.25, 0.3) is 43.8 Å². The van der Waals surface area contributed by atoms with Crippen LogP contribution in [0.5, 0.6) is 5.75 Å². The maximum absolute atomic E-state index is 12.6. The molecule has 28 heavy (non-hydrogen) atoms. The van der Waals surface area contributed by atoms with Gasteiger partial charge in [-0.15, -0.1) is 0 Å². The molecule has 5 rings (SSSR count). The molecule has 138 valence electrons. The van der Waals surface area contributed by atoms with Gasteiger partial charge in [-0.2, -0.15) is 0 Å². The number of furan rings is 1. The second-order valence-electron chi connectivity index (χ2n) is 7.07. The van der Waals surface area contributed by atoms with Gasteiger partial charge in [0.2, 0.25) is 0 Å². The summed E-state index contributed by atoms with van der Waals surface area (Å²) < 4.78 is 16.8. The maximum Gasteiger partial charge on any atom is 0.344 e. The third-order valence-corrected chi connectivity index (χ3v) is 5.34. The first-order chi connectivity index (χ1) is 13.6. The van der Waals surface area contributed by atoms with Crippen LogP contribution in [-0.2, 0) is 0 Å². The van der Waals surface area contributed by atoms with Crippen LogP contribution in [-0.4, -0.2) is 7.11 Å². The van der Waals surface area contributed by atoms with E-state index in [2.05, 4.69) is 31.2 Å². The zero-order valence-corrected chi connectivity index (χ0v) is 15.8. The molecule has 0 saturated heterocycles. The number of aryl methyl sites for hydroxylation is 2. The Bertz CT molecular complexity index is 1420. The highest BCUT2D eigenvalue weighted by Gasteiger charge is 2.17. The van der Waals surface area contributed by atoms with E-state index in [9.17, 15) is 4.79 Å². The van der Waals surface area contributed by atoms with Gasteiger partial charge in [0.15, 0.2) is 0 Å². The monoisotopic (exact) mass is 370 g/mol. The minimum Gasteiger partial charge on any atom is -0.497 e. The molecule has 2 heterocycles. The van der Waals surface area contributed by atoms with E-state index in [0.717, 1.165) is 38.4 Å². The lowest BCUT2D eigenvalue weighted by Crippen LogP contribution is -2.01. The van der Waals surface area contributed by atoms with Crippen LogP contribution < -0.4 is 10.4 Å². The van der Waals surface area contributed by atoms with Gasteiger partial charge in [0, 0.05) is 27.3 Å². The van der Waals surface area contributed by atoms with E-state index in [1.165, 1.54) is 5.56 Å². The fourth-order valence-electron chi connectivity index (χ4n) is 3.81. The Kier molecular flexibility index (Phi) is 3.56. The zero-order chi connectivity index (χ0) is 19.4. The van der Waals surface area contributed by atoms with E-state index >= 15 is 0 Å². The molecule has 0 amide bonds. The SMILES string of the molecule is COc1ccc2c(c1)c(=O)oc1c(C)c3occ(-c4ccc(C)cc4)c3cc12. The van der Waals surface area contributed by atoms with Gasteiger partial charge >= 0.3 is 5.63 Å². The quantitative estimate of drug-likeness (QED) is 0.283. The van der Waals surface area contributed by atoms with E-state index in [1.807, 2.05) is 25.1 Å². The van der Waals surface area contributed by atoms with Crippen molar-refractivity contribution in [2.24, 2.45) is 0 Å². The largest absolute Gasteiger partial charge is 0.497 e. The Balaban J connectivity index is 1.90. The summed E-state index contributed by atoms with van der Waals surface area (Å²) in [5.74, 6) is 0.626. The Hall–Kier alpha value is -3.53. The van der Waals surface area contributed by atoms with E-state index in [4.69, 9.17) is 13.6 Å². The van der Waals surface area contributed by atoms with Crippen LogP contribution in [0.2, 0.25) is 0 Å². The molecule has 0 radical (unpaired) electrons. The van der Waals surface area contributed by atoms with Gasteiger partial charge in [-0.1, -0.05) is 29.8 Å². The molecule has 0 bridgehead atoms. The first-order valence-corrected chi connectivity index (χ1v) is 9.09. The number of hydrogen-bond acceptors (Lipinski definition) is 4. The molecule has 2 aromatic heterocycles. The normalized spacial score (nSPS) is 11.5. The minimum absolute atomic E-state index is 0.380. The Morgan fingerprint density at radius 3 is 2.36 bits per heavy atom. The molecule has 4 nitrogen and oxygen atoms in total. The molecule has 4 heteroatoms. The van der Waals surface area contributed by atoms with Gasteiger partial charge in [0.05, 0.1) is 18.8 Å². The minimum atomic E-state index is -0.380. The molecular weight excluding hydrogens is 352 g/mol. The molecule has 0 N–H and O–H groups in total. The summed E-state index contributed by atoms with van der Waals surface area (Å²) in [7, 11) is 1.58. The van der Waals surface area contributed by atoms with Crippen molar-refractivity contribution in [3.05, 3.63) is 76.3 Å². The summed E-state index contributed by atoms with van der Waals surface area (Å²) in [5.41, 5.74) is 5.05. The molecule has 3 aromatic carbocycles. The van der Waals surface area contributed by atoms with Crippen LogP contribution in [0.1, 0.15) is 11.1 Å². The molecule has 0 atom stereocenters. The highest BCUT2D eigenvalue weighted by atomic mass is 16.5. The standard InChI is InChI=1S/C24H18O4/c1-13-4-6-15(7-5-13)21-12-27-22-14(2)23-18(11-19(21)22)17-9-8-16(26-3)10-20(17)24(25)28-23/h4-12H,1-3H3. The lowest BCUT2D eigenvalue weighted by molar-refractivity contribution is 0.415. The second-order valence-corrected chi connectivity index (χ2v) is 7.07. The molecule has 0 spiro atoms. The number of fused-ring (bicyclic) bond motifs is 4. The lowest BCUT2D eigenvalue weighted by atomic mass is 9.98. The van der Waals surface area contributed by atoms with Crippen LogP contribution in [0.15, 0.2) is 68.4 Å². The van der Waals surface area contributed by atoms with Gasteiger partial charge in [-0.3, -0.25) is 0 Å². The summed E-state index contributed by atoms with van der Waals surface area (Å²) in [6, 6.07) is 15.9. The smallest absolute Gasteiger partial charge is 0.344 e. The summed E-state index contributed by atoms with van der Waals surface area (Å²) in [5, 5.41) is 3.23. The summed E-state index contributed by atoms with van der Waals surface area (Å²) in [6.07, 6.45) is 1.77. The third kappa shape index (κ3) is 2.34. The van der Waals surface area contributed by atoms with Gasteiger partial charge in [0.25, 0.3) is 0 Å². The molecule has 0 fully saturated rings. The topological polar surface area (TPSA) is 52.6 Å². The third-order valence-electron chi connectivity index (χ3n) is 5.34. The van der Waals surface area contributed by atoms with Crippen molar-refractivity contribution in [3.63, 3.8) is 0 Å². The first-order valence-electron chi connectivity index (χ1n) is 9.09. The first kappa shape index (κ1) is 16.6. The molecule has 0 unspecified atom stereocenters. The van der Waals surface area contributed by atoms with Crippen molar-refractivity contribution in [1.82, 2.24) is 0 Å². The predicted octanol–water partition coefficient (Wildman–Crippen LogP) is 5.98. The molecule has 0 aliphatic rings. The Morgan fingerprint density at radius 1 is 0.821 bits per heavy atom. The van der Waals surface area contributed by atoms with Crippen molar-refractivity contribution < 1.29 is 13.6 Å². The summed E-state index contributed by atoms with van der Waals surface area (Å²) in [6.45, 7) is 3.99. The molecular formula is C24H18O4. The number of hydrogen-bond donors (Lipinski definition) is 0. The Morgan fingerprint density at radius 2 is 1.61 bits per heavy atom. The van der Waals surface area contributed by atoms with Crippen molar-refractivity contribution in [2.45, 2.75) is 13.8 Å². The van der Waals surface area contributed by atoms with Crippen molar-refractivity contribution in [3.8, 4) is 16.9 Å². The van der Waals surface area contributed by atoms with Crippen molar-refractivity contribution in [2.75, 3.05) is 7.11 Å². The van der Waals surface area contributed by atoms with E-state index in [0.29, 0.717) is 16.7 Å². The summed E-state index contributed by atoms with van der Waals surface area (Å²) >= 11 is 0. The average Bonchev–Trinajstić information content (AvgIpc) is 3.14. The number of ether oxygens (including phenoxy) is 1. The van der Waals surface area contributed by atoms with Crippen LogP contribution in [0.3, 0.4) is 0 Å².